The normalized spacial score (nSPS) is 14.6. The molecule has 1 aliphatic heterocycles. The van der Waals surface area contributed by atoms with Gasteiger partial charge in [-0.15, -0.1) is 4.98 Å². The van der Waals surface area contributed by atoms with Crippen LogP contribution in [0, 0.1) is 0 Å². The third kappa shape index (κ3) is 6.84. The highest BCUT2D eigenvalue weighted by Gasteiger charge is 2.27. The number of ether oxygens (including phenoxy) is 4. The van der Waals surface area contributed by atoms with Crippen LogP contribution in [0.5, 0.6) is 23.5 Å². The van der Waals surface area contributed by atoms with Crippen molar-refractivity contribution in [1.82, 2.24) is 25.6 Å². The smallest absolute Gasteiger partial charge is 0.324 e. The molecular weight excluding hydrogens is 456 g/mol. The molecule has 0 spiro atoms. The van der Waals surface area contributed by atoms with Crippen molar-refractivity contribution in [2.75, 3.05) is 46.4 Å². The van der Waals surface area contributed by atoms with Crippen LogP contribution in [0.1, 0.15) is 25.3 Å². The number of hydrogen-bond donors (Lipinski definition) is 2. The first-order chi connectivity index (χ1) is 16.9. The maximum atomic E-state index is 13.1. The molecule has 0 aliphatic carbocycles. The predicted octanol–water partition coefficient (Wildman–Crippen LogP) is 0.738. The van der Waals surface area contributed by atoms with Crippen molar-refractivity contribution in [3.05, 3.63) is 23.8 Å². The van der Waals surface area contributed by atoms with Gasteiger partial charge in [0.25, 0.3) is 0 Å². The van der Waals surface area contributed by atoms with Crippen LogP contribution in [-0.2, 0) is 16.0 Å². The van der Waals surface area contributed by atoms with Crippen LogP contribution in [0.3, 0.4) is 0 Å². The number of piperidine rings is 1. The molecular formula is C23H32N6O6. The summed E-state index contributed by atoms with van der Waals surface area (Å²) in [7, 11) is 6.08. The molecule has 12 nitrogen and oxygen atoms in total. The minimum atomic E-state index is -0.745. The maximum Gasteiger partial charge on any atom is 0.324 e. The van der Waals surface area contributed by atoms with Gasteiger partial charge in [0.05, 0.1) is 28.4 Å². The Kier molecular flexibility index (Phi) is 8.87. The Morgan fingerprint density at radius 2 is 1.66 bits per heavy atom. The number of rotatable bonds is 10. The van der Waals surface area contributed by atoms with Crippen LogP contribution in [0.2, 0.25) is 0 Å². The van der Waals surface area contributed by atoms with Crippen molar-refractivity contribution in [3.63, 3.8) is 0 Å². The number of carbonyl (C=O) groups excluding carboxylic acids is 2. The Morgan fingerprint density at radius 1 is 1.00 bits per heavy atom. The highest BCUT2D eigenvalue weighted by Crippen LogP contribution is 2.26. The summed E-state index contributed by atoms with van der Waals surface area (Å²) in [6.45, 7) is 2.64. The van der Waals surface area contributed by atoms with Gasteiger partial charge < -0.3 is 34.5 Å². The quantitative estimate of drug-likeness (QED) is 0.493. The summed E-state index contributed by atoms with van der Waals surface area (Å²) in [6, 6.07) is 4.92. The first-order valence-electron chi connectivity index (χ1n) is 11.2. The van der Waals surface area contributed by atoms with E-state index in [2.05, 4.69) is 25.6 Å². The molecule has 1 fully saturated rings. The molecule has 2 N–H and O–H groups in total. The third-order valence-corrected chi connectivity index (χ3v) is 5.68. The van der Waals surface area contributed by atoms with Crippen LogP contribution < -0.4 is 34.5 Å². The number of nitrogens with one attached hydrogen (secondary N) is 2. The summed E-state index contributed by atoms with van der Waals surface area (Å²) >= 11 is 0. The van der Waals surface area contributed by atoms with Gasteiger partial charge >= 0.3 is 12.0 Å². The highest BCUT2D eigenvalue weighted by atomic mass is 16.5. The molecule has 0 unspecified atom stereocenters. The number of aromatic nitrogens is 3. The van der Waals surface area contributed by atoms with Gasteiger partial charge in [0.2, 0.25) is 17.8 Å². The third-order valence-electron chi connectivity index (χ3n) is 5.68. The molecule has 2 heterocycles. The number of nitrogens with zero attached hydrogens (tertiary/aromatic N) is 4. The molecule has 190 valence electrons. The molecule has 1 aromatic heterocycles. The number of amides is 2. The van der Waals surface area contributed by atoms with Crippen molar-refractivity contribution >= 4 is 17.8 Å². The molecule has 1 aromatic carbocycles. The second-order valence-corrected chi connectivity index (χ2v) is 8.01. The first kappa shape index (κ1) is 25.8. The fourth-order valence-corrected chi connectivity index (χ4v) is 3.87. The molecule has 0 bridgehead atoms. The van der Waals surface area contributed by atoms with Crippen molar-refractivity contribution in [3.8, 4) is 23.5 Å². The zero-order chi connectivity index (χ0) is 25.4. The average molecular weight is 489 g/mol. The van der Waals surface area contributed by atoms with Crippen LogP contribution in [0.4, 0.5) is 5.95 Å². The molecule has 35 heavy (non-hydrogen) atoms. The van der Waals surface area contributed by atoms with Gasteiger partial charge in [-0.2, -0.15) is 9.97 Å². The summed E-state index contributed by atoms with van der Waals surface area (Å²) < 4.78 is 20.9. The van der Waals surface area contributed by atoms with Gasteiger partial charge in [-0.05, 0) is 24.5 Å². The summed E-state index contributed by atoms with van der Waals surface area (Å²) in [6.07, 6.45) is 1.64. The lowest BCUT2D eigenvalue weighted by Crippen LogP contribution is -2.52. The van der Waals surface area contributed by atoms with Crippen molar-refractivity contribution in [1.29, 1.82) is 0 Å². The molecule has 1 atom stereocenters. The van der Waals surface area contributed by atoms with Gasteiger partial charge in [-0.25, -0.2) is 0 Å². The predicted molar refractivity (Wildman–Crippen MR) is 127 cm³/mol. The van der Waals surface area contributed by atoms with Crippen LogP contribution in [0.25, 0.3) is 0 Å². The minimum absolute atomic E-state index is 0.0570. The van der Waals surface area contributed by atoms with Crippen molar-refractivity contribution in [2.24, 2.45) is 0 Å². The van der Waals surface area contributed by atoms with E-state index < -0.39 is 6.04 Å². The van der Waals surface area contributed by atoms with Gasteiger partial charge in [0.1, 0.15) is 17.5 Å². The lowest BCUT2D eigenvalue weighted by Gasteiger charge is -2.33. The Balaban J connectivity index is 1.64. The number of methoxy groups -OCH3 is 4. The molecule has 1 saturated heterocycles. The lowest BCUT2D eigenvalue weighted by molar-refractivity contribution is -0.128. The van der Waals surface area contributed by atoms with Crippen LogP contribution in [-0.4, -0.2) is 80.4 Å². The number of hydrogen-bond acceptors (Lipinski definition) is 10. The summed E-state index contributed by atoms with van der Waals surface area (Å²) in [4.78, 5) is 39.5. The molecule has 1 aliphatic rings. The molecule has 0 saturated carbocycles. The molecule has 2 aromatic rings. The van der Waals surface area contributed by atoms with E-state index in [1.165, 1.54) is 21.1 Å². The lowest BCUT2D eigenvalue weighted by atomic mass is 10.0. The van der Waals surface area contributed by atoms with Crippen molar-refractivity contribution < 1.29 is 28.5 Å². The highest BCUT2D eigenvalue weighted by molar-refractivity contribution is 5.87. The van der Waals surface area contributed by atoms with E-state index in [0.29, 0.717) is 43.4 Å². The first-order valence-corrected chi connectivity index (χ1v) is 11.2. The Bertz CT molecular complexity index is 1010. The van der Waals surface area contributed by atoms with Gasteiger partial charge in [0, 0.05) is 38.5 Å². The maximum absolute atomic E-state index is 13.1. The van der Waals surface area contributed by atoms with Crippen molar-refractivity contribution in [2.45, 2.75) is 38.3 Å². The fraction of sp³-hybridized carbons (Fsp3) is 0.522. The van der Waals surface area contributed by atoms with E-state index in [9.17, 15) is 9.59 Å². The Morgan fingerprint density at radius 3 is 2.20 bits per heavy atom. The van der Waals surface area contributed by atoms with E-state index >= 15 is 0 Å². The average Bonchev–Trinajstić information content (AvgIpc) is 2.88. The molecule has 12 heteroatoms. The van der Waals surface area contributed by atoms with E-state index in [1.54, 1.807) is 26.4 Å². The van der Waals surface area contributed by atoms with Gasteiger partial charge in [-0.1, -0.05) is 6.07 Å². The zero-order valence-corrected chi connectivity index (χ0v) is 20.7. The second-order valence-electron chi connectivity index (χ2n) is 8.01. The number of anilines is 1. The van der Waals surface area contributed by atoms with Gasteiger partial charge in [0.15, 0.2) is 0 Å². The fourth-order valence-electron chi connectivity index (χ4n) is 3.87. The number of benzene rings is 1. The van der Waals surface area contributed by atoms with E-state index in [0.717, 1.165) is 5.56 Å². The van der Waals surface area contributed by atoms with E-state index in [1.807, 2.05) is 11.0 Å². The topological polar surface area (TPSA) is 137 Å². The minimum Gasteiger partial charge on any atom is -0.497 e. The van der Waals surface area contributed by atoms with Crippen LogP contribution >= 0.6 is 0 Å². The SMILES string of the molecule is COc1ccc(C[C@H](NC(C)=O)C(=O)NC2CCN(c3nc(OC)nc(OC)n3)CC2)c(OC)c1. The molecule has 0 radical (unpaired) electrons. The van der Waals surface area contributed by atoms with Crippen LogP contribution in [0.15, 0.2) is 18.2 Å². The zero-order valence-electron chi connectivity index (χ0n) is 20.7. The van der Waals surface area contributed by atoms with E-state index in [4.69, 9.17) is 18.9 Å². The monoisotopic (exact) mass is 488 g/mol. The summed E-state index contributed by atoms with van der Waals surface area (Å²) in [5.74, 6) is 1.15. The standard InChI is InChI=1S/C23H32N6O6/c1-14(30)24-18(12-15-6-7-17(32-2)13-19(15)33-3)20(31)25-16-8-10-29(11-9-16)21-26-22(34-4)28-23(27-21)35-5/h6-7,13,16,18H,8-12H2,1-5H3,(H,24,30)(H,25,31)/t18-/m0/s1. The largest absolute Gasteiger partial charge is 0.497 e. The Hall–Kier alpha value is -3.83. The van der Waals surface area contributed by atoms with E-state index in [-0.39, 0.29) is 36.3 Å². The number of carbonyl (C=O) groups is 2. The molecule has 2 amide bonds. The molecule has 3 rings (SSSR count). The summed E-state index contributed by atoms with van der Waals surface area (Å²) in [5, 5.41) is 5.83. The summed E-state index contributed by atoms with van der Waals surface area (Å²) in [5.41, 5.74) is 0.787. The second kappa shape index (κ2) is 12.0. The Labute approximate surface area is 204 Å². The van der Waals surface area contributed by atoms with Gasteiger partial charge in [-0.3, -0.25) is 9.59 Å².